The number of alkyl halides is 3. The average Bonchev–Trinajstić information content (AvgIpc) is 2.73. The van der Waals surface area contributed by atoms with E-state index in [0.29, 0.717) is 11.6 Å². The summed E-state index contributed by atoms with van der Waals surface area (Å²) in [5.74, 6) is -0.417. The Labute approximate surface area is 184 Å². The maximum Gasteiger partial charge on any atom is 0.416 e. The van der Waals surface area contributed by atoms with Gasteiger partial charge < -0.3 is 9.84 Å². The number of aliphatic hydroxyl groups is 1. The van der Waals surface area contributed by atoms with Crippen LogP contribution in [-0.2, 0) is 30.6 Å². The van der Waals surface area contributed by atoms with Gasteiger partial charge in [-0.05, 0) is 55.7 Å². The van der Waals surface area contributed by atoms with Crippen molar-refractivity contribution in [3.63, 3.8) is 0 Å². The minimum atomic E-state index is -4.66. The summed E-state index contributed by atoms with van der Waals surface area (Å²) in [7, 11) is -7.76. The van der Waals surface area contributed by atoms with Gasteiger partial charge in [0.1, 0.15) is 0 Å². The molecule has 1 heterocycles. The first-order valence-electron chi connectivity index (χ1n) is 9.77. The predicted molar refractivity (Wildman–Crippen MR) is 111 cm³/mol. The lowest BCUT2D eigenvalue weighted by atomic mass is 9.92. The van der Waals surface area contributed by atoms with E-state index in [1.54, 1.807) is 0 Å². The second kappa shape index (κ2) is 8.77. The molecular weight excluding hydrogens is 469 g/mol. The van der Waals surface area contributed by atoms with Crippen molar-refractivity contribution in [3.05, 3.63) is 59.7 Å². The van der Waals surface area contributed by atoms with Crippen LogP contribution in [0.2, 0.25) is 0 Å². The summed E-state index contributed by atoms with van der Waals surface area (Å²) in [6, 6.07) is 9.43. The van der Waals surface area contributed by atoms with Gasteiger partial charge in [0.25, 0.3) is 0 Å². The fraction of sp³-hybridized carbons (Fsp3) is 0.429. The van der Waals surface area contributed by atoms with Gasteiger partial charge >= 0.3 is 6.18 Å². The Balaban J connectivity index is 1.89. The molecule has 32 heavy (non-hydrogen) atoms. The first kappa shape index (κ1) is 24.7. The van der Waals surface area contributed by atoms with Crippen molar-refractivity contribution in [2.45, 2.75) is 46.6 Å². The van der Waals surface area contributed by atoms with Crippen LogP contribution in [0.1, 0.15) is 37.0 Å². The molecule has 2 unspecified atom stereocenters. The van der Waals surface area contributed by atoms with Crippen molar-refractivity contribution in [2.75, 3.05) is 19.0 Å². The molecule has 0 spiro atoms. The van der Waals surface area contributed by atoms with E-state index < -0.39 is 59.5 Å². The molecule has 0 aliphatic carbocycles. The van der Waals surface area contributed by atoms with Crippen LogP contribution in [-0.4, -0.2) is 45.7 Å². The molecule has 0 bridgehead atoms. The maximum atomic E-state index is 13.3. The molecule has 1 N–H and O–H groups in total. The van der Waals surface area contributed by atoms with Crippen LogP contribution in [0.5, 0.6) is 0 Å². The lowest BCUT2D eigenvalue weighted by Crippen LogP contribution is -2.42. The third kappa shape index (κ3) is 4.85. The molecule has 2 aromatic rings. The van der Waals surface area contributed by atoms with Gasteiger partial charge in [0.15, 0.2) is 19.7 Å². The van der Waals surface area contributed by atoms with Gasteiger partial charge in [-0.1, -0.05) is 18.2 Å². The molecule has 0 amide bonds. The molecule has 11 heteroatoms. The monoisotopic (exact) mass is 492 g/mol. The molecule has 1 aliphatic heterocycles. The summed E-state index contributed by atoms with van der Waals surface area (Å²) in [4.78, 5) is -0.383. The zero-order valence-corrected chi connectivity index (χ0v) is 18.8. The van der Waals surface area contributed by atoms with Crippen LogP contribution in [0.25, 0.3) is 0 Å². The molecule has 1 aliphatic rings. The summed E-state index contributed by atoms with van der Waals surface area (Å²) in [6.07, 6.45) is -5.24. The third-order valence-corrected chi connectivity index (χ3v) is 9.91. The van der Waals surface area contributed by atoms with Crippen molar-refractivity contribution in [2.24, 2.45) is 0 Å². The van der Waals surface area contributed by atoms with Gasteiger partial charge in [-0.15, -0.1) is 0 Å². The van der Waals surface area contributed by atoms with E-state index in [-0.39, 0.29) is 24.3 Å². The summed E-state index contributed by atoms with van der Waals surface area (Å²) < 4.78 is 94.3. The topological polar surface area (TPSA) is 97.7 Å². The van der Waals surface area contributed by atoms with Gasteiger partial charge in [-0.3, -0.25) is 0 Å². The highest BCUT2D eigenvalue weighted by molar-refractivity contribution is 7.92. The number of aliphatic hydroxyl groups excluding tert-OH is 1. The van der Waals surface area contributed by atoms with Gasteiger partial charge in [0.2, 0.25) is 0 Å². The van der Waals surface area contributed by atoms with Crippen LogP contribution >= 0.6 is 0 Å². The SMILES string of the molecule is CC1(S(=O)(=O)c2cccc(C(F)(F)F)c2)CCOC(c2ccc(S(=O)(=O)CCO)cc2)C1. The number of halogens is 3. The quantitative estimate of drug-likeness (QED) is 0.662. The summed E-state index contributed by atoms with van der Waals surface area (Å²) >= 11 is 0. The molecule has 1 fully saturated rings. The maximum absolute atomic E-state index is 13.3. The lowest BCUT2D eigenvalue weighted by molar-refractivity contribution is -0.137. The van der Waals surface area contributed by atoms with E-state index in [1.807, 2.05) is 0 Å². The van der Waals surface area contributed by atoms with Gasteiger partial charge in [-0.25, -0.2) is 16.8 Å². The number of sulfone groups is 2. The van der Waals surface area contributed by atoms with E-state index in [2.05, 4.69) is 0 Å². The number of benzene rings is 2. The first-order valence-corrected chi connectivity index (χ1v) is 12.9. The van der Waals surface area contributed by atoms with Crippen LogP contribution in [0.3, 0.4) is 0 Å². The van der Waals surface area contributed by atoms with Crippen molar-refractivity contribution < 1.29 is 39.9 Å². The normalized spacial score (nSPS) is 22.6. The number of hydrogen-bond acceptors (Lipinski definition) is 6. The molecule has 2 aromatic carbocycles. The van der Waals surface area contributed by atoms with Crippen LogP contribution in [0.4, 0.5) is 13.2 Å². The number of rotatable bonds is 6. The molecule has 6 nitrogen and oxygen atoms in total. The highest BCUT2D eigenvalue weighted by atomic mass is 32.2. The van der Waals surface area contributed by atoms with E-state index in [9.17, 15) is 30.0 Å². The lowest BCUT2D eigenvalue weighted by Gasteiger charge is -2.38. The fourth-order valence-corrected chi connectivity index (χ4v) is 6.54. The van der Waals surface area contributed by atoms with E-state index >= 15 is 0 Å². The minimum absolute atomic E-state index is 0.00564. The Morgan fingerprint density at radius 1 is 1.06 bits per heavy atom. The second-order valence-electron chi connectivity index (χ2n) is 7.90. The van der Waals surface area contributed by atoms with Crippen LogP contribution < -0.4 is 0 Å². The van der Waals surface area contributed by atoms with Crippen LogP contribution in [0.15, 0.2) is 58.3 Å². The summed E-state index contributed by atoms with van der Waals surface area (Å²) in [5.41, 5.74) is -0.483. The zero-order valence-electron chi connectivity index (χ0n) is 17.2. The minimum Gasteiger partial charge on any atom is -0.395 e. The largest absolute Gasteiger partial charge is 0.416 e. The van der Waals surface area contributed by atoms with E-state index in [0.717, 1.165) is 18.2 Å². The van der Waals surface area contributed by atoms with Crippen molar-refractivity contribution >= 4 is 19.7 Å². The van der Waals surface area contributed by atoms with Crippen LogP contribution in [0, 0.1) is 0 Å². The third-order valence-electron chi connectivity index (χ3n) is 5.66. The van der Waals surface area contributed by atoms with Gasteiger partial charge in [-0.2, -0.15) is 13.2 Å². The Morgan fingerprint density at radius 3 is 2.31 bits per heavy atom. The predicted octanol–water partition coefficient (Wildman–Crippen LogP) is 3.56. The Hall–Kier alpha value is -1.95. The average molecular weight is 493 g/mol. The highest BCUT2D eigenvalue weighted by Crippen LogP contribution is 2.42. The van der Waals surface area contributed by atoms with Gasteiger partial charge in [0.05, 0.1) is 38.6 Å². The number of hydrogen-bond donors (Lipinski definition) is 1. The van der Waals surface area contributed by atoms with Crippen molar-refractivity contribution in [1.82, 2.24) is 0 Å². The Kier molecular flexibility index (Phi) is 6.77. The molecule has 0 radical (unpaired) electrons. The molecule has 3 rings (SSSR count). The summed E-state index contributed by atoms with van der Waals surface area (Å²) in [6.45, 7) is 1.05. The van der Waals surface area contributed by atoms with E-state index in [1.165, 1.54) is 31.2 Å². The standard InChI is InChI=1S/C21H23F3O6S2/c1-20(32(28,29)18-4-2-3-16(13-18)21(22,23)24)9-11-30-19(14-20)15-5-7-17(8-6-15)31(26,27)12-10-25/h2-8,13,19,25H,9-12,14H2,1H3. The summed E-state index contributed by atoms with van der Waals surface area (Å²) in [5, 5.41) is 8.89. The molecule has 1 saturated heterocycles. The molecule has 2 atom stereocenters. The second-order valence-corrected chi connectivity index (χ2v) is 12.5. The smallest absolute Gasteiger partial charge is 0.395 e. The van der Waals surface area contributed by atoms with Crippen molar-refractivity contribution in [1.29, 1.82) is 0 Å². The Bertz CT molecular complexity index is 1170. The first-order chi connectivity index (χ1) is 14.8. The molecule has 0 aromatic heterocycles. The highest BCUT2D eigenvalue weighted by Gasteiger charge is 2.45. The molecule has 176 valence electrons. The molecule has 0 saturated carbocycles. The fourth-order valence-electron chi connectivity index (χ4n) is 3.68. The van der Waals surface area contributed by atoms with Gasteiger partial charge in [0, 0.05) is 6.61 Å². The van der Waals surface area contributed by atoms with Crippen molar-refractivity contribution in [3.8, 4) is 0 Å². The Morgan fingerprint density at radius 2 is 1.72 bits per heavy atom. The zero-order chi connectivity index (χ0) is 23.8. The van der Waals surface area contributed by atoms with E-state index in [4.69, 9.17) is 9.84 Å². The number of ether oxygens (including phenoxy) is 1. The molecular formula is C21H23F3O6S2.